The van der Waals surface area contributed by atoms with E-state index in [0.717, 1.165) is 17.0 Å². The molecule has 0 fully saturated rings. The van der Waals surface area contributed by atoms with Crippen LogP contribution in [0.3, 0.4) is 0 Å². The largest absolute Gasteiger partial charge is 2.00 e. The molecule has 0 atom stereocenters. The Balaban J connectivity index is 0.000000357. The number of hydrogen-bond donors (Lipinski definition) is 0. The van der Waals surface area contributed by atoms with E-state index in [9.17, 15) is 5.11 Å². The molecule has 0 heterocycles. The first-order valence-corrected chi connectivity index (χ1v) is 12.9. The first-order valence-electron chi connectivity index (χ1n) is 11.5. The SMILES string of the molecule is COc1ccccc1CN=C(C)/C=C(/C)[O-].[CH3-].[Pd+2].c1ccc(P(c2ccccc2)c2ccccc2)cc1. The second-order valence-corrected chi connectivity index (χ2v) is 10.1. The Morgan fingerprint density at radius 3 is 1.54 bits per heavy atom. The zero-order chi connectivity index (χ0) is 24.9. The summed E-state index contributed by atoms with van der Waals surface area (Å²) in [5, 5.41) is 15.0. The number of nitrogens with zero attached hydrogens (tertiary/aromatic N) is 1. The smallest absolute Gasteiger partial charge is 0.876 e. The molecule has 5 heteroatoms. The van der Waals surface area contributed by atoms with Gasteiger partial charge in [0.25, 0.3) is 0 Å². The minimum Gasteiger partial charge on any atom is -0.876 e. The molecule has 0 aliphatic heterocycles. The van der Waals surface area contributed by atoms with Crippen molar-refractivity contribution in [1.82, 2.24) is 0 Å². The predicted octanol–water partition coefficient (Wildman–Crippen LogP) is 5.81. The van der Waals surface area contributed by atoms with Crippen LogP contribution in [0.5, 0.6) is 5.75 Å². The van der Waals surface area contributed by atoms with Crippen LogP contribution in [0.15, 0.2) is 132 Å². The van der Waals surface area contributed by atoms with Crippen molar-refractivity contribution < 1.29 is 30.3 Å². The van der Waals surface area contributed by atoms with Gasteiger partial charge in [0.05, 0.1) is 13.7 Å². The number of aliphatic imine (C=N–C) groups is 1. The molecule has 4 aromatic rings. The molecule has 0 N–H and O–H groups in total. The van der Waals surface area contributed by atoms with Gasteiger partial charge in [-0.25, -0.2) is 0 Å². The van der Waals surface area contributed by atoms with Crippen LogP contribution < -0.4 is 25.8 Å². The molecule has 0 saturated heterocycles. The summed E-state index contributed by atoms with van der Waals surface area (Å²) in [7, 11) is 1.19. The van der Waals surface area contributed by atoms with Gasteiger partial charge in [0.2, 0.25) is 0 Å². The van der Waals surface area contributed by atoms with E-state index in [0.29, 0.717) is 6.54 Å². The predicted molar refractivity (Wildman–Crippen MR) is 155 cm³/mol. The number of allylic oxidation sites excluding steroid dienone is 2. The molecule has 3 nitrogen and oxygen atoms in total. The van der Waals surface area contributed by atoms with Crippen LogP contribution in [-0.2, 0) is 27.0 Å². The van der Waals surface area contributed by atoms with Crippen molar-refractivity contribution in [2.45, 2.75) is 20.4 Å². The summed E-state index contributed by atoms with van der Waals surface area (Å²) in [6.45, 7) is 3.86. The molecule has 37 heavy (non-hydrogen) atoms. The molecule has 0 radical (unpaired) electrons. The number of methoxy groups -OCH3 is 1. The fourth-order valence-corrected chi connectivity index (χ4v) is 5.87. The second-order valence-electron chi connectivity index (χ2n) is 7.87. The van der Waals surface area contributed by atoms with E-state index in [4.69, 9.17) is 4.74 Å². The molecule has 0 spiro atoms. The summed E-state index contributed by atoms with van der Waals surface area (Å²) >= 11 is 0. The van der Waals surface area contributed by atoms with Gasteiger partial charge in [0.15, 0.2) is 0 Å². The maximum atomic E-state index is 10.8. The Bertz CT molecular complexity index is 1130. The van der Waals surface area contributed by atoms with Gasteiger partial charge in [-0.2, -0.15) is 0 Å². The van der Waals surface area contributed by atoms with E-state index in [2.05, 4.69) is 96.0 Å². The van der Waals surface area contributed by atoms with Crippen molar-refractivity contribution in [3.8, 4) is 5.75 Å². The van der Waals surface area contributed by atoms with E-state index >= 15 is 0 Å². The van der Waals surface area contributed by atoms with Crippen LogP contribution in [0.4, 0.5) is 0 Å². The number of ether oxygens (including phenoxy) is 1. The first-order chi connectivity index (χ1) is 17.1. The molecule has 4 aromatic carbocycles. The van der Waals surface area contributed by atoms with Gasteiger partial charge in [-0.1, -0.05) is 122 Å². The third-order valence-corrected chi connectivity index (χ3v) is 7.59. The van der Waals surface area contributed by atoms with Crippen LogP contribution in [0.1, 0.15) is 19.4 Å². The number of rotatable bonds is 7. The van der Waals surface area contributed by atoms with Gasteiger partial charge in [-0.3, -0.25) is 4.99 Å². The van der Waals surface area contributed by atoms with E-state index in [1.165, 1.54) is 28.9 Å². The van der Waals surface area contributed by atoms with Crippen molar-refractivity contribution in [3.05, 3.63) is 140 Å². The maximum absolute atomic E-state index is 10.8. The molecule has 0 aliphatic rings. The average Bonchev–Trinajstić information content (AvgIpc) is 2.90. The molecular formula is C32H34NO2PPd. The summed E-state index contributed by atoms with van der Waals surface area (Å²) < 4.78 is 5.21. The van der Waals surface area contributed by atoms with E-state index in [-0.39, 0.29) is 33.6 Å². The van der Waals surface area contributed by atoms with Crippen molar-refractivity contribution in [2.24, 2.45) is 4.99 Å². The van der Waals surface area contributed by atoms with Crippen LogP contribution >= 0.6 is 7.92 Å². The van der Waals surface area contributed by atoms with Crippen molar-refractivity contribution in [2.75, 3.05) is 7.11 Å². The minimum absolute atomic E-state index is 0. The Kier molecular flexibility index (Phi) is 15.1. The fourth-order valence-electron chi connectivity index (χ4n) is 3.56. The van der Waals surface area contributed by atoms with Crippen LogP contribution in [-0.4, -0.2) is 12.8 Å². The Hall–Kier alpha value is -3.02. The van der Waals surface area contributed by atoms with Crippen molar-refractivity contribution in [3.63, 3.8) is 0 Å². The number of hydrogen-bond acceptors (Lipinski definition) is 3. The van der Waals surface area contributed by atoms with E-state index in [1.807, 2.05) is 31.2 Å². The van der Waals surface area contributed by atoms with Gasteiger partial charge in [-0.15, -0.1) is 5.76 Å². The van der Waals surface area contributed by atoms with Crippen molar-refractivity contribution >= 4 is 29.5 Å². The van der Waals surface area contributed by atoms with E-state index in [1.54, 1.807) is 7.11 Å². The summed E-state index contributed by atoms with van der Waals surface area (Å²) in [6, 6.07) is 40.0. The summed E-state index contributed by atoms with van der Waals surface area (Å²) in [5.41, 5.74) is 1.75. The monoisotopic (exact) mass is 601 g/mol. The van der Waals surface area contributed by atoms with E-state index < -0.39 is 7.92 Å². The molecule has 0 saturated carbocycles. The normalized spacial score (nSPS) is 10.9. The molecule has 0 bridgehead atoms. The molecule has 0 amide bonds. The van der Waals surface area contributed by atoms with Gasteiger partial charge in [0.1, 0.15) is 5.75 Å². The third-order valence-electron chi connectivity index (χ3n) is 5.15. The third kappa shape index (κ3) is 10.5. The fraction of sp³-hybridized carbons (Fsp3) is 0.125. The van der Waals surface area contributed by atoms with Crippen LogP contribution in [0, 0.1) is 7.43 Å². The quantitative estimate of drug-likeness (QED) is 0.0882. The molecule has 0 unspecified atom stereocenters. The molecule has 4 rings (SSSR count). The van der Waals surface area contributed by atoms with Gasteiger partial charge >= 0.3 is 20.4 Å². The number of benzene rings is 4. The van der Waals surface area contributed by atoms with Crippen LogP contribution in [0.2, 0.25) is 0 Å². The Morgan fingerprint density at radius 2 is 1.14 bits per heavy atom. The molecule has 0 aromatic heterocycles. The second kappa shape index (κ2) is 17.4. The molecular weight excluding hydrogens is 568 g/mol. The standard InChI is InChI=1S/C18H15P.C13H17NO2.CH3.Pd/c1-4-10-16(11-5-1)19(17-12-6-2-7-13-17)18-14-8-3-9-15-18;1-10(8-11(2)15)14-9-12-6-4-5-7-13(12)16-3;;/h1-15H;4-8,15H,9H2,1-3H3;1H3;/q;;-1;+2/p-1/b;11-8-,14-10?;;. The van der Waals surface area contributed by atoms with Gasteiger partial charge in [0, 0.05) is 11.3 Å². The Labute approximate surface area is 237 Å². The zero-order valence-corrected chi connectivity index (χ0v) is 24.2. The summed E-state index contributed by atoms with van der Waals surface area (Å²) in [5.74, 6) is 0.836. The maximum Gasteiger partial charge on any atom is 2.00 e. The topological polar surface area (TPSA) is 44.6 Å². The van der Waals surface area contributed by atoms with Crippen LogP contribution in [0.25, 0.3) is 0 Å². The van der Waals surface area contributed by atoms with Gasteiger partial charge < -0.3 is 17.3 Å². The first kappa shape index (κ1) is 32.0. The Morgan fingerprint density at radius 1 is 0.730 bits per heavy atom. The number of para-hydroxylation sites is 1. The summed E-state index contributed by atoms with van der Waals surface area (Å²) in [6.07, 6.45) is 1.52. The minimum atomic E-state index is -0.446. The summed E-state index contributed by atoms with van der Waals surface area (Å²) in [4.78, 5) is 4.30. The molecule has 0 aliphatic carbocycles. The van der Waals surface area contributed by atoms with Gasteiger partial charge in [-0.05, 0) is 36.8 Å². The zero-order valence-electron chi connectivity index (χ0n) is 21.8. The van der Waals surface area contributed by atoms with Crippen molar-refractivity contribution in [1.29, 1.82) is 0 Å². The molecule has 194 valence electrons. The average molecular weight is 602 g/mol.